The fraction of sp³-hybridized carbons (Fsp3) is 0.654. The first kappa shape index (κ1) is 20.0. The number of rotatable bonds is 6. The Morgan fingerprint density at radius 1 is 0.903 bits per heavy atom. The minimum atomic E-state index is 0.462. The van der Waals surface area contributed by atoms with E-state index in [9.17, 15) is 0 Å². The molecule has 5 heteroatoms. The molecule has 6 rings (SSSR count). The molecule has 1 atom stereocenters. The topological polar surface area (TPSA) is 35.8 Å². The molecule has 0 aromatic carbocycles. The average molecular weight is 421 g/mol. The fourth-order valence-electron chi connectivity index (χ4n) is 6.87. The number of hydrogen-bond donors (Lipinski definition) is 0. The summed E-state index contributed by atoms with van der Waals surface area (Å²) in [6.45, 7) is 10.9. The van der Waals surface area contributed by atoms with Gasteiger partial charge in [0.15, 0.2) is 0 Å². The monoisotopic (exact) mass is 420 g/mol. The average Bonchev–Trinajstić information content (AvgIpc) is 3.37. The van der Waals surface area contributed by atoms with Crippen molar-refractivity contribution in [3.05, 3.63) is 54.2 Å². The summed E-state index contributed by atoms with van der Waals surface area (Å²) < 4.78 is 5.71. The van der Waals surface area contributed by atoms with Crippen LogP contribution in [-0.4, -0.2) is 65.5 Å². The van der Waals surface area contributed by atoms with Crippen molar-refractivity contribution in [3.63, 3.8) is 0 Å². The molecule has 166 valence electrons. The number of fused-ring (bicyclic) bond motifs is 1. The Morgan fingerprint density at radius 3 is 2.55 bits per heavy atom. The van der Waals surface area contributed by atoms with E-state index in [0.29, 0.717) is 10.8 Å². The second kappa shape index (κ2) is 8.02. The van der Waals surface area contributed by atoms with Crippen molar-refractivity contribution in [2.24, 2.45) is 16.7 Å². The number of nitrogens with zero attached hydrogens (tertiary/aromatic N) is 4. The van der Waals surface area contributed by atoms with E-state index < -0.39 is 0 Å². The fourth-order valence-corrected chi connectivity index (χ4v) is 6.87. The summed E-state index contributed by atoms with van der Waals surface area (Å²) in [4.78, 5) is 12.5. The van der Waals surface area contributed by atoms with Gasteiger partial charge in [-0.05, 0) is 80.3 Å². The lowest BCUT2D eigenvalue weighted by atomic mass is 9.58. The predicted octanol–water partition coefficient (Wildman–Crippen LogP) is 3.87. The maximum atomic E-state index is 5.71. The van der Waals surface area contributed by atoms with Crippen LogP contribution in [0.4, 0.5) is 0 Å². The molecule has 1 saturated carbocycles. The third-order valence-corrected chi connectivity index (χ3v) is 8.57. The quantitative estimate of drug-likeness (QED) is 0.709. The molecule has 2 aromatic rings. The SMILES string of the molecule is c1cncc(CN2CCCC3(CC2)CN(Cc2ccco2)CC32CN(CC3CC3)C2)c1. The van der Waals surface area contributed by atoms with Gasteiger partial charge in [-0.25, -0.2) is 0 Å². The highest BCUT2D eigenvalue weighted by molar-refractivity contribution is 5.16. The number of likely N-dealkylation sites (tertiary alicyclic amines) is 3. The molecular formula is C26H36N4O. The number of aromatic nitrogens is 1. The second-order valence-electron chi connectivity index (χ2n) is 10.9. The van der Waals surface area contributed by atoms with Gasteiger partial charge in [0.2, 0.25) is 0 Å². The van der Waals surface area contributed by atoms with Crippen LogP contribution in [0.1, 0.15) is 43.4 Å². The van der Waals surface area contributed by atoms with Gasteiger partial charge in [0, 0.05) is 57.1 Å². The van der Waals surface area contributed by atoms with E-state index in [4.69, 9.17) is 4.42 Å². The van der Waals surface area contributed by atoms with E-state index in [1.54, 1.807) is 0 Å². The van der Waals surface area contributed by atoms with Crippen molar-refractivity contribution in [1.82, 2.24) is 19.7 Å². The normalized spacial score (nSPS) is 29.4. The van der Waals surface area contributed by atoms with E-state index in [1.807, 2.05) is 24.7 Å². The Kier molecular flexibility index (Phi) is 5.16. The molecule has 0 N–H and O–H groups in total. The summed E-state index contributed by atoms with van der Waals surface area (Å²) in [5.74, 6) is 2.12. The first-order chi connectivity index (χ1) is 15.2. The van der Waals surface area contributed by atoms with Gasteiger partial charge in [0.05, 0.1) is 12.8 Å². The highest BCUT2D eigenvalue weighted by Crippen LogP contribution is 2.58. The van der Waals surface area contributed by atoms with E-state index in [1.165, 1.54) is 83.5 Å². The van der Waals surface area contributed by atoms with Crippen LogP contribution in [0, 0.1) is 16.7 Å². The van der Waals surface area contributed by atoms with Gasteiger partial charge in [-0.2, -0.15) is 0 Å². The van der Waals surface area contributed by atoms with Crippen molar-refractivity contribution in [2.45, 2.75) is 45.2 Å². The van der Waals surface area contributed by atoms with Gasteiger partial charge in [-0.3, -0.25) is 14.8 Å². The van der Waals surface area contributed by atoms with Crippen LogP contribution in [0.25, 0.3) is 0 Å². The zero-order valence-corrected chi connectivity index (χ0v) is 18.7. The first-order valence-electron chi connectivity index (χ1n) is 12.3. The predicted molar refractivity (Wildman–Crippen MR) is 121 cm³/mol. The summed E-state index contributed by atoms with van der Waals surface area (Å²) >= 11 is 0. The smallest absolute Gasteiger partial charge is 0.117 e. The van der Waals surface area contributed by atoms with Gasteiger partial charge in [-0.15, -0.1) is 0 Å². The van der Waals surface area contributed by atoms with Crippen molar-refractivity contribution >= 4 is 0 Å². The lowest BCUT2D eigenvalue weighted by Gasteiger charge is -2.57. The Balaban J connectivity index is 1.17. The van der Waals surface area contributed by atoms with Gasteiger partial charge in [0.1, 0.15) is 5.76 Å². The summed E-state index contributed by atoms with van der Waals surface area (Å²) in [6.07, 6.45) is 12.7. The maximum absolute atomic E-state index is 5.71. The van der Waals surface area contributed by atoms with Crippen molar-refractivity contribution in [2.75, 3.05) is 45.8 Å². The van der Waals surface area contributed by atoms with E-state index in [-0.39, 0.29) is 0 Å². The Labute approximate surface area is 186 Å². The molecule has 3 saturated heterocycles. The van der Waals surface area contributed by atoms with Crippen molar-refractivity contribution in [1.29, 1.82) is 0 Å². The summed E-state index contributed by atoms with van der Waals surface area (Å²) in [5, 5.41) is 0. The molecule has 2 spiro atoms. The van der Waals surface area contributed by atoms with Crippen LogP contribution >= 0.6 is 0 Å². The third-order valence-electron chi connectivity index (χ3n) is 8.57. The molecule has 0 bridgehead atoms. The molecule has 5 heterocycles. The van der Waals surface area contributed by atoms with Crippen LogP contribution in [0.5, 0.6) is 0 Å². The van der Waals surface area contributed by atoms with Gasteiger partial charge >= 0.3 is 0 Å². The maximum Gasteiger partial charge on any atom is 0.117 e. The van der Waals surface area contributed by atoms with Crippen LogP contribution in [0.3, 0.4) is 0 Å². The Bertz CT molecular complexity index is 859. The van der Waals surface area contributed by atoms with Crippen LogP contribution in [0.15, 0.2) is 47.3 Å². The molecule has 0 radical (unpaired) electrons. The van der Waals surface area contributed by atoms with Gasteiger partial charge < -0.3 is 9.32 Å². The van der Waals surface area contributed by atoms with Gasteiger partial charge in [0.25, 0.3) is 0 Å². The number of pyridine rings is 1. The Hall–Kier alpha value is -1.69. The standard InChI is InChI=1S/C26H36N4O/c1-4-23(14-27-10-1)16-28-11-3-8-25(9-12-28)18-30(17-24-5-2-13-31-24)21-26(25)19-29(20-26)15-22-6-7-22/h1-2,4-5,10,13-14,22H,3,6-9,11-12,15-21H2. The molecule has 2 aromatic heterocycles. The molecule has 4 aliphatic rings. The highest BCUT2D eigenvalue weighted by Gasteiger charge is 2.62. The van der Waals surface area contributed by atoms with Crippen LogP contribution in [-0.2, 0) is 13.1 Å². The molecule has 31 heavy (non-hydrogen) atoms. The van der Waals surface area contributed by atoms with Gasteiger partial charge in [-0.1, -0.05) is 6.07 Å². The van der Waals surface area contributed by atoms with E-state index in [0.717, 1.165) is 24.8 Å². The molecule has 1 unspecified atom stereocenters. The van der Waals surface area contributed by atoms with Crippen molar-refractivity contribution in [3.8, 4) is 0 Å². The summed E-state index contributed by atoms with van der Waals surface area (Å²) in [5.41, 5.74) is 2.29. The minimum Gasteiger partial charge on any atom is -0.468 e. The molecule has 1 aliphatic carbocycles. The zero-order chi connectivity index (χ0) is 20.7. The van der Waals surface area contributed by atoms with Crippen LogP contribution < -0.4 is 0 Å². The van der Waals surface area contributed by atoms with Crippen molar-refractivity contribution < 1.29 is 4.42 Å². The van der Waals surface area contributed by atoms with E-state index >= 15 is 0 Å². The largest absolute Gasteiger partial charge is 0.468 e. The molecule has 3 aliphatic heterocycles. The first-order valence-corrected chi connectivity index (χ1v) is 12.3. The summed E-state index contributed by atoms with van der Waals surface area (Å²) in [6, 6.07) is 8.45. The lowest BCUT2D eigenvalue weighted by Crippen LogP contribution is -2.64. The number of furan rings is 1. The summed E-state index contributed by atoms with van der Waals surface area (Å²) in [7, 11) is 0. The zero-order valence-electron chi connectivity index (χ0n) is 18.7. The molecule has 0 amide bonds. The Morgan fingerprint density at radius 2 is 1.77 bits per heavy atom. The number of hydrogen-bond acceptors (Lipinski definition) is 5. The molecule has 5 nitrogen and oxygen atoms in total. The second-order valence-corrected chi connectivity index (χ2v) is 10.9. The third kappa shape index (κ3) is 3.96. The lowest BCUT2D eigenvalue weighted by molar-refractivity contribution is -0.0788. The molecule has 4 fully saturated rings. The van der Waals surface area contributed by atoms with Crippen LogP contribution in [0.2, 0.25) is 0 Å². The van der Waals surface area contributed by atoms with E-state index in [2.05, 4.69) is 37.9 Å². The minimum absolute atomic E-state index is 0.462. The molecular weight excluding hydrogens is 384 g/mol. The highest BCUT2D eigenvalue weighted by atomic mass is 16.3.